The molecule has 0 aliphatic carbocycles. The van der Waals surface area contributed by atoms with Crippen LogP contribution in [0, 0.1) is 0 Å². The van der Waals surface area contributed by atoms with E-state index in [0.29, 0.717) is 16.7 Å². The number of furan rings is 1. The van der Waals surface area contributed by atoms with Gasteiger partial charge in [-0.3, -0.25) is 9.63 Å². The van der Waals surface area contributed by atoms with Crippen molar-refractivity contribution in [3.63, 3.8) is 0 Å². The number of oxime groups is 1. The molecule has 9 heteroatoms. The van der Waals surface area contributed by atoms with Gasteiger partial charge in [0.05, 0.1) is 19.4 Å². The van der Waals surface area contributed by atoms with Crippen LogP contribution in [0.1, 0.15) is 18.2 Å². The number of ether oxygens (including phenoxy) is 2. The summed E-state index contributed by atoms with van der Waals surface area (Å²) >= 11 is 0. The summed E-state index contributed by atoms with van der Waals surface area (Å²) in [5, 5.41) is 6.81. The van der Waals surface area contributed by atoms with Crippen molar-refractivity contribution < 1.29 is 28.3 Å². The zero-order valence-corrected chi connectivity index (χ0v) is 17.0. The van der Waals surface area contributed by atoms with Crippen LogP contribution in [0.4, 0.5) is 10.5 Å². The summed E-state index contributed by atoms with van der Waals surface area (Å²) in [4.78, 5) is 28.5. The Kier molecular flexibility index (Phi) is 6.89. The quantitative estimate of drug-likeness (QED) is 0.147. The number of nitrogens with zero attached hydrogens (tertiary/aromatic N) is 1. The van der Waals surface area contributed by atoms with Crippen LogP contribution < -0.4 is 15.8 Å². The van der Waals surface area contributed by atoms with Gasteiger partial charge in [-0.25, -0.2) is 4.79 Å². The molecule has 31 heavy (non-hydrogen) atoms. The van der Waals surface area contributed by atoms with Crippen LogP contribution in [0.25, 0.3) is 17.0 Å². The zero-order valence-electron chi connectivity index (χ0n) is 17.0. The highest BCUT2D eigenvalue weighted by atomic mass is 16.8. The Morgan fingerprint density at radius 3 is 2.65 bits per heavy atom. The Hall–Kier alpha value is -4.27. The number of nitrogens with one attached hydrogen (secondary N) is 1. The normalized spacial score (nSPS) is 11.5. The van der Waals surface area contributed by atoms with E-state index in [-0.39, 0.29) is 23.9 Å². The topological polar surface area (TPSA) is 125 Å². The molecule has 160 valence electrons. The van der Waals surface area contributed by atoms with Crippen LogP contribution in [0.15, 0.2) is 64.2 Å². The van der Waals surface area contributed by atoms with E-state index < -0.39 is 12.1 Å². The molecule has 3 N–H and O–H groups in total. The third kappa shape index (κ3) is 5.21. The molecule has 3 aromatic rings. The Labute approximate surface area is 178 Å². The van der Waals surface area contributed by atoms with E-state index in [1.54, 1.807) is 31.2 Å². The van der Waals surface area contributed by atoms with Gasteiger partial charge in [0.1, 0.15) is 0 Å². The number of benzene rings is 2. The molecule has 0 saturated heterocycles. The number of carbonyl (C=O) groups is 2. The van der Waals surface area contributed by atoms with E-state index in [4.69, 9.17) is 14.9 Å². The first kappa shape index (κ1) is 21.4. The van der Waals surface area contributed by atoms with Crippen molar-refractivity contribution in [3.8, 4) is 5.75 Å². The average molecular weight is 423 g/mol. The number of hydrogen-bond acceptors (Lipinski definition) is 7. The molecule has 0 radical (unpaired) electrons. The number of fused-ring (bicyclic) bond motifs is 1. The van der Waals surface area contributed by atoms with E-state index in [9.17, 15) is 9.59 Å². The number of para-hydroxylation sites is 1. The fourth-order valence-electron chi connectivity index (χ4n) is 2.73. The second-order valence-corrected chi connectivity index (χ2v) is 6.13. The predicted octanol–water partition coefficient (Wildman–Crippen LogP) is 3.89. The highest BCUT2D eigenvalue weighted by molar-refractivity contribution is 6.15. The minimum Gasteiger partial charge on any atom is -0.493 e. The second-order valence-electron chi connectivity index (χ2n) is 6.13. The lowest BCUT2D eigenvalue weighted by Crippen LogP contribution is -2.18. The molecule has 1 heterocycles. The van der Waals surface area contributed by atoms with Crippen LogP contribution in [0.5, 0.6) is 5.75 Å². The van der Waals surface area contributed by atoms with Gasteiger partial charge in [0.25, 0.3) is 0 Å². The standard InChI is InChI=1S/C22H21N3O6/c1-3-29-22(27)31-25-21(23)20-18(15-10-7-11-16(28-2)19(15)30-20)24-17(26)13-12-14-8-5-4-6-9-14/h4-13H,3H2,1-2H3,(H2,23,25)(H,24,26)/b13-12+. The maximum absolute atomic E-state index is 12.6. The highest BCUT2D eigenvalue weighted by Gasteiger charge is 2.22. The lowest BCUT2D eigenvalue weighted by molar-refractivity contribution is -0.111. The fraction of sp³-hybridized carbons (Fsp3) is 0.136. The summed E-state index contributed by atoms with van der Waals surface area (Å²) in [6, 6.07) is 14.5. The lowest BCUT2D eigenvalue weighted by atomic mass is 10.2. The number of amides is 1. The maximum Gasteiger partial charge on any atom is 0.535 e. The van der Waals surface area contributed by atoms with Crippen molar-refractivity contribution in [3.05, 3.63) is 65.9 Å². The molecule has 0 spiro atoms. The number of rotatable bonds is 7. The molecule has 0 aliphatic rings. The summed E-state index contributed by atoms with van der Waals surface area (Å²) in [5.41, 5.74) is 7.41. The molecule has 0 fully saturated rings. The van der Waals surface area contributed by atoms with Gasteiger partial charge in [-0.15, -0.1) is 0 Å². The average Bonchev–Trinajstić information content (AvgIpc) is 3.15. The molecule has 1 aromatic heterocycles. The molecule has 2 aromatic carbocycles. The number of carbonyl (C=O) groups excluding carboxylic acids is 2. The first-order valence-electron chi connectivity index (χ1n) is 9.34. The van der Waals surface area contributed by atoms with Crippen LogP contribution >= 0.6 is 0 Å². The molecule has 1 amide bonds. The van der Waals surface area contributed by atoms with E-state index in [2.05, 4.69) is 20.0 Å². The van der Waals surface area contributed by atoms with Gasteiger partial charge in [-0.05, 0) is 30.7 Å². The summed E-state index contributed by atoms with van der Waals surface area (Å²) in [6.07, 6.45) is 2.02. The first-order valence-corrected chi connectivity index (χ1v) is 9.34. The predicted molar refractivity (Wildman–Crippen MR) is 116 cm³/mol. The van der Waals surface area contributed by atoms with Crippen LogP contribution in [0.3, 0.4) is 0 Å². The largest absolute Gasteiger partial charge is 0.535 e. The molecule has 0 aliphatic heterocycles. The van der Waals surface area contributed by atoms with Crippen LogP contribution in [-0.4, -0.2) is 31.6 Å². The van der Waals surface area contributed by atoms with Crippen molar-refractivity contribution in [1.29, 1.82) is 0 Å². The summed E-state index contributed by atoms with van der Waals surface area (Å²) in [5.74, 6) is -0.258. The molecule has 0 saturated carbocycles. The van der Waals surface area contributed by atoms with Gasteiger partial charge in [-0.2, -0.15) is 0 Å². The van der Waals surface area contributed by atoms with Gasteiger partial charge in [-0.1, -0.05) is 41.6 Å². The molecular weight excluding hydrogens is 402 g/mol. The second kappa shape index (κ2) is 9.97. The van der Waals surface area contributed by atoms with Crippen LogP contribution in [-0.2, 0) is 14.4 Å². The number of nitrogens with two attached hydrogens (primary N) is 1. The monoisotopic (exact) mass is 423 g/mol. The van der Waals surface area contributed by atoms with Crippen molar-refractivity contribution in [1.82, 2.24) is 0 Å². The Morgan fingerprint density at radius 2 is 1.94 bits per heavy atom. The number of anilines is 1. The fourth-order valence-corrected chi connectivity index (χ4v) is 2.73. The lowest BCUT2D eigenvalue weighted by Gasteiger charge is -2.04. The third-order valence-corrected chi connectivity index (χ3v) is 4.09. The number of methoxy groups -OCH3 is 1. The van der Waals surface area contributed by atoms with Gasteiger partial charge in [0.2, 0.25) is 11.7 Å². The minimum atomic E-state index is -1.02. The van der Waals surface area contributed by atoms with E-state index in [1.165, 1.54) is 13.2 Å². The van der Waals surface area contributed by atoms with E-state index >= 15 is 0 Å². The SMILES string of the molecule is CCOC(=O)O/N=C(/N)c1oc2c(OC)cccc2c1NC(=O)/C=C/c1ccccc1. The van der Waals surface area contributed by atoms with Crippen molar-refractivity contribution in [2.75, 3.05) is 19.0 Å². The summed E-state index contributed by atoms with van der Waals surface area (Å²) < 4.78 is 15.7. The smallest absolute Gasteiger partial charge is 0.493 e. The van der Waals surface area contributed by atoms with Gasteiger partial charge in [0, 0.05) is 11.5 Å². The Morgan fingerprint density at radius 1 is 1.16 bits per heavy atom. The molecule has 0 bridgehead atoms. The molecule has 9 nitrogen and oxygen atoms in total. The van der Waals surface area contributed by atoms with Gasteiger partial charge >= 0.3 is 6.16 Å². The van der Waals surface area contributed by atoms with Gasteiger partial charge < -0.3 is 24.9 Å². The summed E-state index contributed by atoms with van der Waals surface area (Å²) in [6.45, 7) is 1.74. The minimum absolute atomic E-state index is 0.00487. The van der Waals surface area contributed by atoms with E-state index in [1.807, 2.05) is 30.3 Å². The van der Waals surface area contributed by atoms with Crippen molar-refractivity contribution in [2.24, 2.45) is 10.9 Å². The zero-order chi connectivity index (χ0) is 22.2. The molecule has 3 rings (SSSR count). The number of amidine groups is 1. The molecule has 0 unspecified atom stereocenters. The van der Waals surface area contributed by atoms with Crippen LogP contribution in [0.2, 0.25) is 0 Å². The third-order valence-electron chi connectivity index (χ3n) is 4.09. The highest BCUT2D eigenvalue weighted by Crippen LogP contribution is 2.36. The van der Waals surface area contributed by atoms with Gasteiger partial charge in [0.15, 0.2) is 17.1 Å². The van der Waals surface area contributed by atoms with E-state index in [0.717, 1.165) is 5.56 Å². The molecular formula is C22H21N3O6. The van der Waals surface area contributed by atoms with Crippen molar-refractivity contribution >= 4 is 40.6 Å². The Balaban J connectivity index is 1.95. The first-order chi connectivity index (χ1) is 15.0. The Bertz CT molecular complexity index is 1130. The van der Waals surface area contributed by atoms with Crippen molar-refractivity contribution in [2.45, 2.75) is 6.92 Å². The number of hydrogen-bond donors (Lipinski definition) is 2. The molecule has 0 atom stereocenters. The summed E-state index contributed by atoms with van der Waals surface area (Å²) in [7, 11) is 1.49. The maximum atomic E-state index is 12.6.